The summed E-state index contributed by atoms with van der Waals surface area (Å²) in [7, 11) is 0. The number of hydrogen-bond acceptors (Lipinski definition) is 5. The minimum Gasteiger partial charge on any atom is -0.349 e. The van der Waals surface area contributed by atoms with Gasteiger partial charge >= 0.3 is 0 Å². The maximum Gasteiger partial charge on any atom is 0.287 e. The number of nitrogens with one attached hydrogen (secondary N) is 2. The van der Waals surface area contributed by atoms with Crippen molar-refractivity contribution in [3.05, 3.63) is 40.4 Å². The second kappa shape index (κ2) is 7.23. The molecule has 0 bridgehead atoms. The number of hydrogen-bond donors (Lipinski definition) is 2. The van der Waals surface area contributed by atoms with Gasteiger partial charge in [-0.3, -0.25) is 14.5 Å². The lowest BCUT2D eigenvalue weighted by molar-refractivity contribution is 0.0927. The average Bonchev–Trinajstić information content (AvgIpc) is 2.61. The Bertz CT molecular complexity index is 831. The number of fused-ring (bicyclic) bond motifs is 1. The van der Waals surface area contributed by atoms with E-state index in [-0.39, 0.29) is 17.3 Å². The smallest absolute Gasteiger partial charge is 0.287 e. The number of piperidine rings is 1. The van der Waals surface area contributed by atoms with E-state index in [1.54, 1.807) is 24.3 Å². The molecule has 1 aliphatic heterocycles. The monoisotopic (exact) mass is 325 g/mol. The Hall–Kier alpha value is -2.72. The van der Waals surface area contributed by atoms with Gasteiger partial charge in [0.15, 0.2) is 5.82 Å². The fourth-order valence-corrected chi connectivity index (χ4v) is 2.96. The summed E-state index contributed by atoms with van der Waals surface area (Å²) >= 11 is 0. The molecule has 0 aliphatic carbocycles. The first kappa shape index (κ1) is 16.1. The Balaban J connectivity index is 1.60. The van der Waals surface area contributed by atoms with Gasteiger partial charge in [0.1, 0.15) is 0 Å². The van der Waals surface area contributed by atoms with Gasteiger partial charge in [-0.2, -0.15) is 5.26 Å². The van der Waals surface area contributed by atoms with E-state index in [9.17, 15) is 9.59 Å². The lowest BCUT2D eigenvalue weighted by atomic mass is 9.97. The number of carbonyl (C=O) groups is 1. The van der Waals surface area contributed by atoms with Crippen molar-refractivity contribution in [1.29, 1.82) is 5.26 Å². The number of para-hydroxylation sites is 1. The molecule has 24 heavy (non-hydrogen) atoms. The van der Waals surface area contributed by atoms with Crippen LogP contribution in [0.25, 0.3) is 10.9 Å². The summed E-state index contributed by atoms with van der Waals surface area (Å²) in [6.07, 6.45) is 1.90. The molecule has 2 N–H and O–H groups in total. The number of H-pyrrole nitrogens is 1. The Morgan fingerprint density at radius 2 is 2.12 bits per heavy atom. The first-order valence-electron chi connectivity index (χ1n) is 8.04. The fourth-order valence-electron chi connectivity index (χ4n) is 2.96. The molecule has 0 saturated carbocycles. The molecule has 124 valence electrons. The van der Waals surface area contributed by atoms with Crippen LogP contribution < -0.4 is 10.9 Å². The van der Waals surface area contributed by atoms with Crippen LogP contribution in [0.1, 0.15) is 23.5 Å². The number of carbonyl (C=O) groups excluding carboxylic acids is 1. The van der Waals surface area contributed by atoms with Crippen molar-refractivity contribution in [3.63, 3.8) is 0 Å². The van der Waals surface area contributed by atoms with Crippen molar-refractivity contribution < 1.29 is 4.79 Å². The lowest BCUT2D eigenvalue weighted by Crippen LogP contribution is -2.39. The molecule has 7 heteroatoms. The molecule has 0 radical (unpaired) electrons. The number of amides is 1. The molecule has 2 aromatic rings. The summed E-state index contributed by atoms with van der Waals surface area (Å²) in [6.45, 7) is 2.76. The molecule has 0 unspecified atom stereocenters. The van der Waals surface area contributed by atoms with Gasteiger partial charge in [-0.05, 0) is 44.0 Å². The molecule has 7 nitrogen and oxygen atoms in total. The van der Waals surface area contributed by atoms with Gasteiger partial charge in [0.2, 0.25) is 0 Å². The molecule has 1 amide bonds. The van der Waals surface area contributed by atoms with E-state index in [4.69, 9.17) is 5.26 Å². The molecule has 1 aromatic heterocycles. The minimum absolute atomic E-state index is 0.0422. The zero-order chi connectivity index (χ0) is 16.9. The molecular weight excluding hydrogens is 306 g/mol. The summed E-state index contributed by atoms with van der Waals surface area (Å²) in [5, 5.41) is 12.0. The summed E-state index contributed by atoms with van der Waals surface area (Å²) < 4.78 is 0. The van der Waals surface area contributed by atoms with Gasteiger partial charge in [-0.15, -0.1) is 0 Å². The largest absolute Gasteiger partial charge is 0.349 e. The van der Waals surface area contributed by atoms with Crippen LogP contribution in [0.4, 0.5) is 0 Å². The van der Waals surface area contributed by atoms with Crippen LogP contribution >= 0.6 is 0 Å². The molecule has 0 atom stereocenters. The maximum absolute atomic E-state index is 12.3. The number of likely N-dealkylation sites (tertiary alicyclic amines) is 1. The summed E-state index contributed by atoms with van der Waals surface area (Å²) in [6, 6.07) is 9.10. The summed E-state index contributed by atoms with van der Waals surface area (Å²) in [4.78, 5) is 33.1. The van der Waals surface area contributed by atoms with E-state index in [1.165, 1.54) is 0 Å². The maximum atomic E-state index is 12.3. The topological polar surface area (TPSA) is 102 Å². The number of nitriles is 1. The van der Waals surface area contributed by atoms with Crippen molar-refractivity contribution in [2.75, 3.05) is 26.2 Å². The quantitative estimate of drug-likeness (QED) is 0.813. The van der Waals surface area contributed by atoms with Crippen molar-refractivity contribution in [2.24, 2.45) is 5.92 Å². The zero-order valence-corrected chi connectivity index (χ0v) is 13.3. The number of aromatic nitrogens is 2. The van der Waals surface area contributed by atoms with Crippen LogP contribution in [-0.4, -0.2) is 47.0 Å². The van der Waals surface area contributed by atoms with E-state index in [2.05, 4.69) is 26.3 Å². The highest BCUT2D eigenvalue weighted by molar-refractivity contribution is 5.92. The highest BCUT2D eigenvalue weighted by atomic mass is 16.2. The Kier molecular flexibility index (Phi) is 4.87. The zero-order valence-electron chi connectivity index (χ0n) is 13.3. The summed E-state index contributed by atoms with van der Waals surface area (Å²) in [5.74, 6) is 0.0639. The van der Waals surface area contributed by atoms with Gasteiger partial charge in [-0.25, -0.2) is 4.98 Å². The fraction of sp³-hybridized carbons (Fsp3) is 0.412. The molecule has 1 fully saturated rings. The third-order valence-electron chi connectivity index (χ3n) is 4.38. The normalized spacial score (nSPS) is 16.0. The number of benzene rings is 1. The van der Waals surface area contributed by atoms with Crippen LogP contribution in [0, 0.1) is 17.2 Å². The van der Waals surface area contributed by atoms with E-state index >= 15 is 0 Å². The highest BCUT2D eigenvalue weighted by Gasteiger charge is 2.20. The van der Waals surface area contributed by atoms with Crippen LogP contribution in [-0.2, 0) is 0 Å². The SMILES string of the molecule is N#CCN1CCC(CNC(=O)c2nc3ccccc3c(=O)[nH]2)CC1. The van der Waals surface area contributed by atoms with Gasteiger partial charge < -0.3 is 10.3 Å². The number of aromatic amines is 1. The van der Waals surface area contributed by atoms with E-state index in [1.807, 2.05) is 0 Å². The second-order valence-electron chi connectivity index (χ2n) is 6.02. The number of nitrogens with zero attached hydrogens (tertiary/aromatic N) is 3. The van der Waals surface area contributed by atoms with Gasteiger partial charge in [0.25, 0.3) is 11.5 Å². The Morgan fingerprint density at radius 3 is 2.88 bits per heavy atom. The van der Waals surface area contributed by atoms with Crippen LogP contribution in [0.15, 0.2) is 29.1 Å². The van der Waals surface area contributed by atoms with Crippen LogP contribution in [0.2, 0.25) is 0 Å². The lowest BCUT2D eigenvalue weighted by Gasteiger charge is -2.30. The third kappa shape index (κ3) is 3.60. The van der Waals surface area contributed by atoms with Crippen LogP contribution in [0.5, 0.6) is 0 Å². The minimum atomic E-state index is -0.364. The molecule has 1 saturated heterocycles. The van der Waals surface area contributed by atoms with E-state index in [0.29, 0.717) is 29.9 Å². The predicted octanol–water partition coefficient (Wildman–Crippen LogP) is 0.888. The molecular formula is C17H19N5O2. The molecule has 1 aromatic carbocycles. The average molecular weight is 325 g/mol. The van der Waals surface area contributed by atoms with Crippen molar-refractivity contribution in [2.45, 2.75) is 12.8 Å². The molecule has 0 spiro atoms. The van der Waals surface area contributed by atoms with Crippen molar-refractivity contribution >= 4 is 16.8 Å². The Morgan fingerprint density at radius 1 is 1.38 bits per heavy atom. The van der Waals surface area contributed by atoms with Crippen molar-refractivity contribution in [1.82, 2.24) is 20.2 Å². The van der Waals surface area contributed by atoms with E-state index < -0.39 is 0 Å². The van der Waals surface area contributed by atoms with Crippen molar-refractivity contribution in [3.8, 4) is 6.07 Å². The predicted molar refractivity (Wildman–Crippen MR) is 89.5 cm³/mol. The highest BCUT2D eigenvalue weighted by Crippen LogP contribution is 2.16. The summed E-state index contributed by atoms with van der Waals surface area (Å²) in [5.41, 5.74) is 0.201. The first-order valence-corrected chi connectivity index (χ1v) is 8.04. The van der Waals surface area contributed by atoms with Gasteiger partial charge in [0, 0.05) is 6.54 Å². The first-order chi connectivity index (χ1) is 11.7. The number of rotatable bonds is 4. The molecule has 2 heterocycles. The van der Waals surface area contributed by atoms with E-state index in [0.717, 1.165) is 25.9 Å². The second-order valence-corrected chi connectivity index (χ2v) is 6.02. The van der Waals surface area contributed by atoms with Crippen LogP contribution in [0.3, 0.4) is 0 Å². The Labute approximate surface area is 139 Å². The standard InChI is InChI=1S/C17H19N5O2/c18-7-10-22-8-5-12(6-9-22)11-19-17(24)15-20-14-4-2-1-3-13(14)16(23)21-15/h1-4,12H,5-6,8-11H2,(H,19,24)(H,20,21,23). The molecule has 1 aliphatic rings. The third-order valence-corrected chi connectivity index (χ3v) is 4.38. The molecule has 3 rings (SSSR count). The van der Waals surface area contributed by atoms with Gasteiger partial charge in [0.05, 0.1) is 23.5 Å². The van der Waals surface area contributed by atoms with Gasteiger partial charge in [-0.1, -0.05) is 12.1 Å².